The van der Waals surface area contributed by atoms with E-state index in [4.69, 9.17) is 0 Å². The van der Waals surface area contributed by atoms with Crippen LogP contribution in [-0.2, 0) is 24.2 Å². The number of rotatable bonds is 7. The van der Waals surface area contributed by atoms with Gasteiger partial charge < -0.3 is 5.32 Å². The Morgan fingerprint density at radius 1 is 1.28 bits per heavy atom. The van der Waals surface area contributed by atoms with Gasteiger partial charge in [-0.15, -0.1) is 11.3 Å². The number of hydrogen-bond acceptors (Lipinski definition) is 6. The maximum absolute atomic E-state index is 13.0. The quantitative estimate of drug-likeness (QED) is 0.296. The normalized spacial score (nSPS) is 13.4. The fourth-order valence-corrected chi connectivity index (χ4v) is 6.09. The summed E-state index contributed by atoms with van der Waals surface area (Å²) in [6.07, 6.45) is 7.11. The van der Waals surface area contributed by atoms with Gasteiger partial charge in [0.15, 0.2) is 5.16 Å². The minimum absolute atomic E-state index is 0.0688. The van der Waals surface area contributed by atoms with Crippen LogP contribution in [0.5, 0.6) is 0 Å². The number of unbranched alkanes of at least 4 members (excludes halogenated alkanes) is 1. The van der Waals surface area contributed by atoms with Crippen LogP contribution >= 0.6 is 23.1 Å². The van der Waals surface area contributed by atoms with Gasteiger partial charge in [-0.05, 0) is 49.8 Å². The highest BCUT2D eigenvalue weighted by molar-refractivity contribution is 7.99. The van der Waals surface area contributed by atoms with Crippen molar-refractivity contribution in [3.05, 3.63) is 50.6 Å². The molecule has 1 aliphatic carbocycles. The fraction of sp³-hybridized carbons (Fsp3) is 0.417. The standard InChI is InChI=1S/C24H26N4O2S2/c1-2-3-13-28-23(30)17-10-7-8-11-19(17)26-24(28)31-15-21(29)27-22-18(14-25)16-9-5-4-6-12-20(16)32-22/h7-8,10-11H,2-6,9,12-13,15H2,1H3,(H,27,29). The number of thiophene rings is 1. The zero-order valence-corrected chi connectivity index (χ0v) is 19.8. The summed E-state index contributed by atoms with van der Waals surface area (Å²) in [5.74, 6) is -0.0583. The topological polar surface area (TPSA) is 87.8 Å². The van der Waals surface area contributed by atoms with Crippen LogP contribution in [-0.4, -0.2) is 21.2 Å². The molecule has 6 nitrogen and oxygen atoms in total. The van der Waals surface area contributed by atoms with Crippen LogP contribution in [0, 0.1) is 11.3 Å². The van der Waals surface area contributed by atoms with Crippen molar-refractivity contribution < 1.29 is 4.79 Å². The summed E-state index contributed by atoms with van der Waals surface area (Å²) >= 11 is 2.80. The summed E-state index contributed by atoms with van der Waals surface area (Å²) in [6.45, 7) is 2.66. The van der Waals surface area contributed by atoms with Crippen molar-refractivity contribution in [2.45, 2.75) is 63.6 Å². The lowest BCUT2D eigenvalue weighted by molar-refractivity contribution is -0.113. The first-order chi connectivity index (χ1) is 15.6. The number of hydrogen-bond donors (Lipinski definition) is 1. The number of thioether (sulfide) groups is 1. The molecule has 0 bridgehead atoms. The molecule has 2 heterocycles. The lowest BCUT2D eigenvalue weighted by atomic mass is 10.1. The van der Waals surface area contributed by atoms with Crippen molar-refractivity contribution in [3.8, 4) is 6.07 Å². The van der Waals surface area contributed by atoms with E-state index in [2.05, 4.69) is 23.3 Å². The number of carbonyl (C=O) groups is 1. The number of nitriles is 1. The average molecular weight is 467 g/mol. The second kappa shape index (κ2) is 10.3. The third-order valence-electron chi connectivity index (χ3n) is 5.68. The molecule has 4 rings (SSSR count). The van der Waals surface area contributed by atoms with Crippen molar-refractivity contribution in [1.29, 1.82) is 5.26 Å². The maximum Gasteiger partial charge on any atom is 0.262 e. The van der Waals surface area contributed by atoms with Gasteiger partial charge in [-0.25, -0.2) is 4.98 Å². The van der Waals surface area contributed by atoms with Crippen LogP contribution < -0.4 is 10.9 Å². The van der Waals surface area contributed by atoms with Crippen LogP contribution in [0.15, 0.2) is 34.2 Å². The molecular formula is C24H26N4O2S2. The number of aromatic nitrogens is 2. The molecule has 3 aromatic rings. The third-order valence-corrected chi connectivity index (χ3v) is 7.86. The molecule has 8 heteroatoms. The lowest BCUT2D eigenvalue weighted by Crippen LogP contribution is -2.24. The van der Waals surface area contributed by atoms with Crippen molar-refractivity contribution in [2.75, 3.05) is 11.1 Å². The van der Waals surface area contributed by atoms with E-state index in [0.717, 1.165) is 44.1 Å². The number of nitrogens with one attached hydrogen (secondary N) is 1. The van der Waals surface area contributed by atoms with Crippen molar-refractivity contribution in [3.63, 3.8) is 0 Å². The Morgan fingerprint density at radius 2 is 2.09 bits per heavy atom. The average Bonchev–Trinajstić information content (AvgIpc) is 2.95. The van der Waals surface area contributed by atoms with Crippen LogP contribution in [0.1, 0.15) is 55.0 Å². The predicted octanol–water partition coefficient (Wildman–Crippen LogP) is 5.13. The highest BCUT2D eigenvalue weighted by Crippen LogP contribution is 2.37. The number of carbonyl (C=O) groups excluding carboxylic acids is 1. The number of para-hydroxylation sites is 1. The van der Waals surface area contributed by atoms with Gasteiger partial charge in [0.25, 0.3) is 5.56 Å². The molecule has 0 radical (unpaired) electrons. The van der Waals surface area contributed by atoms with Gasteiger partial charge in [-0.1, -0.05) is 43.7 Å². The zero-order valence-electron chi connectivity index (χ0n) is 18.1. The van der Waals surface area contributed by atoms with Crippen molar-refractivity contribution in [2.24, 2.45) is 0 Å². The van der Waals surface area contributed by atoms with E-state index < -0.39 is 0 Å². The van der Waals surface area contributed by atoms with Crippen LogP contribution in [0.3, 0.4) is 0 Å². The highest BCUT2D eigenvalue weighted by Gasteiger charge is 2.21. The number of aryl methyl sites for hydroxylation is 1. The first-order valence-corrected chi connectivity index (χ1v) is 12.9. The molecule has 1 N–H and O–H groups in total. The van der Waals surface area contributed by atoms with Crippen molar-refractivity contribution in [1.82, 2.24) is 9.55 Å². The minimum atomic E-state index is -0.188. The Labute approximate surface area is 195 Å². The van der Waals surface area contributed by atoms with Crippen LogP contribution in [0.25, 0.3) is 10.9 Å². The molecule has 0 saturated carbocycles. The van der Waals surface area contributed by atoms with Gasteiger partial charge in [-0.3, -0.25) is 14.2 Å². The predicted molar refractivity (Wildman–Crippen MR) is 131 cm³/mol. The third kappa shape index (κ3) is 4.74. The molecule has 0 atom stereocenters. The number of anilines is 1. The fourth-order valence-electron chi connectivity index (χ4n) is 4.01. The summed E-state index contributed by atoms with van der Waals surface area (Å²) in [5, 5.41) is 14.4. The van der Waals surface area contributed by atoms with Gasteiger partial charge in [0.1, 0.15) is 11.1 Å². The largest absolute Gasteiger partial charge is 0.316 e. The first-order valence-electron chi connectivity index (χ1n) is 11.1. The van der Waals surface area contributed by atoms with E-state index in [1.165, 1.54) is 34.4 Å². The second-order valence-corrected chi connectivity index (χ2v) is 9.99. The number of nitrogens with zero attached hydrogens (tertiary/aromatic N) is 3. The van der Waals surface area contributed by atoms with Gasteiger partial charge in [0.2, 0.25) is 5.91 Å². The summed E-state index contributed by atoms with van der Waals surface area (Å²) in [5.41, 5.74) is 2.30. The minimum Gasteiger partial charge on any atom is -0.316 e. The van der Waals surface area contributed by atoms with E-state index in [-0.39, 0.29) is 17.2 Å². The molecule has 0 saturated heterocycles. The summed E-state index contributed by atoms with van der Waals surface area (Å²) in [6, 6.07) is 9.61. The molecule has 0 spiro atoms. The van der Waals surface area contributed by atoms with E-state index in [1.807, 2.05) is 18.2 Å². The van der Waals surface area contributed by atoms with Gasteiger partial charge in [0.05, 0.1) is 22.2 Å². The Kier molecular flexibility index (Phi) is 7.28. The molecule has 0 fully saturated rings. The molecular weight excluding hydrogens is 440 g/mol. The van der Waals surface area contributed by atoms with Crippen LogP contribution in [0.2, 0.25) is 0 Å². The van der Waals surface area contributed by atoms with Gasteiger partial charge >= 0.3 is 0 Å². The smallest absolute Gasteiger partial charge is 0.262 e. The summed E-state index contributed by atoms with van der Waals surface area (Å²) < 4.78 is 1.68. The molecule has 32 heavy (non-hydrogen) atoms. The first kappa shape index (κ1) is 22.6. The van der Waals surface area contributed by atoms with Crippen molar-refractivity contribution >= 4 is 44.9 Å². The molecule has 166 valence electrons. The number of amides is 1. The van der Waals surface area contributed by atoms with E-state index in [0.29, 0.717) is 33.2 Å². The summed E-state index contributed by atoms with van der Waals surface area (Å²) in [7, 11) is 0. The number of fused-ring (bicyclic) bond motifs is 2. The highest BCUT2D eigenvalue weighted by atomic mass is 32.2. The molecule has 1 amide bonds. The Morgan fingerprint density at radius 3 is 2.91 bits per heavy atom. The molecule has 0 aliphatic heterocycles. The Balaban J connectivity index is 1.53. The zero-order chi connectivity index (χ0) is 22.5. The maximum atomic E-state index is 13.0. The van der Waals surface area contributed by atoms with Crippen LogP contribution in [0.4, 0.5) is 5.00 Å². The SMILES string of the molecule is CCCCn1c(SCC(=O)Nc2sc3c(c2C#N)CCCCC3)nc2ccccc2c1=O. The van der Waals surface area contributed by atoms with Gasteiger partial charge in [0, 0.05) is 11.4 Å². The molecule has 0 unspecified atom stereocenters. The lowest BCUT2D eigenvalue weighted by Gasteiger charge is -2.12. The van der Waals surface area contributed by atoms with E-state index >= 15 is 0 Å². The molecule has 1 aromatic carbocycles. The van der Waals surface area contributed by atoms with Gasteiger partial charge in [-0.2, -0.15) is 5.26 Å². The Hall–Kier alpha value is -2.63. The van der Waals surface area contributed by atoms with E-state index in [9.17, 15) is 14.9 Å². The molecule has 1 aliphatic rings. The monoisotopic (exact) mass is 466 g/mol. The number of benzene rings is 1. The molecule has 2 aromatic heterocycles. The summed E-state index contributed by atoms with van der Waals surface area (Å²) in [4.78, 5) is 31.6. The Bertz CT molecular complexity index is 1240. The van der Waals surface area contributed by atoms with E-state index in [1.54, 1.807) is 10.6 Å². The second-order valence-electron chi connectivity index (χ2n) is 7.94.